The highest BCUT2D eigenvalue weighted by atomic mass is 16.5. The number of nitrogens with zero attached hydrogens (tertiary/aromatic N) is 4. The van der Waals surface area contributed by atoms with E-state index in [1.807, 2.05) is 43.0 Å². The smallest absolute Gasteiger partial charge is 0.255 e. The van der Waals surface area contributed by atoms with Gasteiger partial charge < -0.3 is 9.42 Å². The number of carbonyl (C=O) groups excluding carboxylic acids is 1. The number of likely N-dealkylation sites (tertiary alicyclic amines) is 1. The number of fused-ring (bicyclic) bond motifs is 1. The number of piperidine rings is 1. The summed E-state index contributed by atoms with van der Waals surface area (Å²) >= 11 is 0. The highest BCUT2D eigenvalue weighted by Gasteiger charge is 2.28. The minimum absolute atomic E-state index is 0.0293. The number of para-hydroxylation sites is 1. The predicted octanol–water partition coefficient (Wildman–Crippen LogP) is 3.25. The van der Waals surface area contributed by atoms with E-state index in [0.717, 1.165) is 41.5 Å². The monoisotopic (exact) mass is 336 g/mol. The van der Waals surface area contributed by atoms with E-state index in [-0.39, 0.29) is 11.8 Å². The normalized spacial score (nSPS) is 17.8. The summed E-state index contributed by atoms with van der Waals surface area (Å²) in [6.45, 7) is 5.30. The van der Waals surface area contributed by atoms with Gasteiger partial charge in [0.15, 0.2) is 5.82 Å². The Labute approximate surface area is 145 Å². The van der Waals surface area contributed by atoms with Crippen LogP contribution in [-0.4, -0.2) is 39.0 Å². The van der Waals surface area contributed by atoms with Gasteiger partial charge in [-0.1, -0.05) is 23.4 Å². The maximum absolute atomic E-state index is 13.1. The molecule has 0 saturated carbocycles. The van der Waals surface area contributed by atoms with Crippen LogP contribution in [0.25, 0.3) is 10.9 Å². The lowest BCUT2D eigenvalue weighted by atomic mass is 9.96. The molecule has 1 aliphatic heterocycles. The lowest BCUT2D eigenvalue weighted by Crippen LogP contribution is -2.39. The maximum atomic E-state index is 13.1. The molecule has 6 heteroatoms. The van der Waals surface area contributed by atoms with E-state index in [1.54, 1.807) is 0 Å². The van der Waals surface area contributed by atoms with Crippen LogP contribution in [0.3, 0.4) is 0 Å². The van der Waals surface area contributed by atoms with Crippen LogP contribution < -0.4 is 0 Å². The Morgan fingerprint density at radius 1 is 1.32 bits per heavy atom. The van der Waals surface area contributed by atoms with Gasteiger partial charge in [0, 0.05) is 24.4 Å². The molecule has 0 aliphatic carbocycles. The second-order valence-corrected chi connectivity index (χ2v) is 6.65. The van der Waals surface area contributed by atoms with Crippen molar-refractivity contribution in [2.45, 2.75) is 32.6 Å². The standard InChI is InChI=1S/C19H20N4O2/c1-12-5-3-6-14-9-16(13(2)21-17(12)14)19(24)23-8-4-7-15(10-23)18-20-11-25-22-18/h3,5-6,9,11,15H,4,7-8,10H2,1-2H3. The molecule has 128 valence electrons. The first-order chi connectivity index (χ1) is 12.1. The molecular formula is C19H20N4O2. The fourth-order valence-electron chi connectivity index (χ4n) is 3.56. The largest absolute Gasteiger partial charge is 0.343 e. The van der Waals surface area contributed by atoms with E-state index in [9.17, 15) is 4.79 Å². The number of amides is 1. The third-order valence-electron chi connectivity index (χ3n) is 4.92. The molecule has 25 heavy (non-hydrogen) atoms. The Morgan fingerprint density at radius 3 is 3.00 bits per heavy atom. The van der Waals surface area contributed by atoms with Gasteiger partial charge in [0.2, 0.25) is 6.39 Å². The van der Waals surface area contributed by atoms with Crippen molar-refractivity contribution in [3.63, 3.8) is 0 Å². The van der Waals surface area contributed by atoms with Crippen molar-refractivity contribution in [1.29, 1.82) is 0 Å². The number of aryl methyl sites for hydroxylation is 2. The van der Waals surface area contributed by atoms with E-state index in [4.69, 9.17) is 4.52 Å². The summed E-state index contributed by atoms with van der Waals surface area (Å²) in [5.41, 5.74) is 3.52. The number of benzene rings is 1. The van der Waals surface area contributed by atoms with Crippen LogP contribution in [0.1, 0.15) is 46.2 Å². The van der Waals surface area contributed by atoms with Crippen molar-refractivity contribution in [1.82, 2.24) is 20.0 Å². The minimum atomic E-state index is 0.0293. The number of hydrogen-bond acceptors (Lipinski definition) is 5. The summed E-state index contributed by atoms with van der Waals surface area (Å²) in [5.74, 6) is 0.843. The Bertz CT molecular complexity index is 921. The molecule has 1 aliphatic rings. The maximum Gasteiger partial charge on any atom is 0.255 e. The molecular weight excluding hydrogens is 316 g/mol. The van der Waals surface area contributed by atoms with E-state index in [0.29, 0.717) is 17.9 Å². The van der Waals surface area contributed by atoms with Gasteiger partial charge in [-0.25, -0.2) is 0 Å². The van der Waals surface area contributed by atoms with E-state index < -0.39 is 0 Å². The van der Waals surface area contributed by atoms with Gasteiger partial charge in [0.1, 0.15) is 0 Å². The molecule has 2 aromatic heterocycles. The van der Waals surface area contributed by atoms with Crippen molar-refractivity contribution in [3.05, 3.63) is 53.3 Å². The van der Waals surface area contributed by atoms with Crippen molar-refractivity contribution in [2.75, 3.05) is 13.1 Å². The summed E-state index contributed by atoms with van der Waals surface area (Å²) in [6.07, 6.45) is 3.25. The third kappa shape index (κ3) is 2.88. The van der Waals surface area contributed by atoms with Gasteiger partial charge in [0.05, 0.1) is 16.8 Å². The highest BCUT2D eigenvalue weighted by Crippen LogP contribution is 2.27. The van der Waals surface area contributed by atoms with Crippen LogP contribution in [0.2, 0.25) is 0 Å². The number of aromatic nitrogens is 3. The van der Waals surface area contributed by atoms with Crippen LogP contribution >= 0.6 is 0 Å². The average Bonchev–Trinajstić information content (AvgIpc) is 3.16. The Kier molecular flexibility index (Phi) is 3.95. The van der Waals surface area contributed by atoms with Gasteiger partial charge in [-0.2, -0.15) is 4.98 Å². The van der Waals surface area contributed by atoms with Gasteiger partial charge in [0.25, 0.3) is 5.91 Å². The minimum Gasteiger partial charge on any atom is -0.343 e. The molecule has 4 rings (SSSR count). The second-order valence-electron chi connectivity index (χ2n) is 6.65. The molecule has 3 heterocycles. The first-order valence-electron chi connectivity index (χ1n) is 8.56. The molecule has 1 unspecified atom stereocenters. The molecule has 1 amide bonds. The first-order valence-corrected chi connectivity index (χ1v) is 8.56. The summed E-state index contributed by atoms with van der Waals surface area (Å²) in [4.78, 5) is 23.8. The number of hydrogen-bond donors (Lipinski definition) is 0. The van der Waals surface area contributed by atoms with Gasteiger partial charge in [-0.15, -0.1) is 0 Å². The number of pyridine rings is 1. The zero-order chi connectivity index (χ0) is 17.4. The van der Waals surface area contributed by atoms with Crippen molar-refractivity contribution < 1.29 is 9.32 Å². The van der Waals surface area contributed by atoms with E-state index in [1.165, 1.54) is 6.39 Å². The lowest BCUT2D eigenvalue weighted by Gasteiger charge is -2.31. The van der Waals surface area contributed by atoms with Crippen molar-refractivity contribution in [3.8, 4) is 0 Å². The highest BCUT2D eigenvalue weighted by molar-refractivity contribution is 5.99. The third-order valence-corrected chi connectivity index (χ3v) is 4.92. The summed E-state index contributed by atoms with van der Waals surface area (Å²) in [6, 6.07) is 8.00. The fourth-order valence-corrected chi connectivity index (χ4v) is 3.56. The molecule has 1 fully saturated rings. The second kappa shape index (κ2) is 6.27. The van der Waals surface area contributed by atoms with Crippen LogP contribution in [0.5, 0.6) is 0 Å². The average molecular weight is 336 g/mol. The van der Waals surface area contributed by atoms with Crippen LogP contribution in [-0.2, 0) is 0 Å². The van der Waals surface area contributed by atoms with Crippen LogP contribution in [0, 0.1) is 13.8 Å². The van der Waals surface area contributed by atoms with Gasteiger partial charge in [-0.05, 0) is 38.3 Å². The fraction of sp³-hybridized carbons (Fsp3) is 0.368. The van der Waals surface area contributed by atoms with Crippen molar-refractivity contribution in [2.24, 2.45) is 0 Å². The Balaban J connectivity index is 1.64. The summed E-state index contributed by atoms with van der Waals surface area (Å²) < 4.78 is 4.85. The predicted molar refractivity (Wildman–Crippen MR) is 93.4 cm³/mol. The summed E-state index contributed by atoms with van der Waals surface area (Å²) in [5, 5.41) is 4.94. The molecule has 1 saturated heterocycles. The molecule has 0 spiro atoms. The van der Waals surface area contributed by atoms with Crippen LogP contribution in [0.4, 0.5) is 0 Å². The van der Waals surface area contributed by atoms with Gasteiger partial charge >= 0.3 is 0 Å². The Morgan fingerprint density at radius 2 is 2.20 bits per heavy atom. The first kappa shape index (κ1) is 15.7. The van der Waals surface area contributed by atoms with Crippen molar-refractivity contribution >= 4 is 16.8 Å². The number of rotatable bonds is 2. The number of carbonyl (C=O) groups is 1. The molecule has 3 aromatic rings. The molecule has 6 nitrogen and oxygen atoms in total. The zero-order valence-corrected chi connectivity index (χ0v) is 14.4. The van der Waals surface area contributed by atoms with Gasteiger partial charge in [-0.3, -0.25) is 9.78 Å². The lowest BCUT2D eigenvalue weighted by molar-refractivity contribution is 0.0702. The SMILES string of the molecule is Cc1nc2c(C)cccc2cc1C(=O)N1CCCC(c2ncon2)C1. The zero-order valence-electron chi connectivity index (χ0n) is 14.4. The topological polar surface area (TPSA) is 72.1 Å². The van der Waals surface area contributed by atoms with E-state index in [2.05, 4.69) is 15.1 Å². The quantitative estimate of drug-likeness (QED) is 0.718. The molecule has 1 atom stereocenters. The Hall–Kier alpha value is -2.76. The van der Waals surface area contributed by atoms with Crippen LogP contribution in [0.15, 0.2) is 35.2 Å². The van der Waals surface area contributed by atoms with E-state index >= 15 is 0 Å². The summed E-state index contributed by atoms with van der Waals surface area (Å²) in [7, 11) is 0. The molecule has 0 N–H and O–H groups in total. The molecule has 0 bridgehead atoms. The molecule has 1 aromatic carbocycles. The molecule has 0 radical (unpaired) electrons.